The molecule has 0 aliphatic heterocycles. The van der Waals surface area contributed by atoms with Gasteiger partial charge in [-0.2, -0.15) is 0 Å². The highest BCUT2D eigenvalue weighted by atomic mass is 19.1. The summed E-state index contributed by atoms with van der Waals surface area (Å²) in [5.74, 6) is -0.557. The van der Waals surface area contributed by atoms with Crippen molar-refractivity contribution in [1.82, 2.24) is 0 Å². The third-order valence-corrected chi connectivity index (χ3v) is 3.98. The van der Waals surface area contributed by atoms with Crippen molar-refractivity contribution in [2.24, 2.45) is 0 Å². The van der Waals surface area contributed by atoms with E-state index < -0.39 is 24.7 Å². The summed E-state index contributed by atoms with van der Waals surface area (Å²) in [6.07, 6.45) is -1.75. The molecule has 1 amide bonds. The van der Waals surface area contributed by atoms with E-state index in [1.54, 1.807) is 0 Å². The number of esters is 1. The van der Waals surface area contributed by atoms with Gasteiger partial charge in [-0.3, -0.25) is 4.79 Å². The van der Waals surface area contributed by atoms with Gasteiger partial charge in [0.2, 0.25) is 5.75 Å². The standard InChI is InChI=1S/C20H22FNO7/c1-11(21)19(24)22-15-7-12(5-6-13(15)10-23)20(25)29-14-8-16(26-2)18(28-4)17(9-14)27-3/h5-9,11,23H,10H2,1-4H3,(H,22,24). The highest BCUT2D eigenvalue weighted by Gasteiger charge is 2.19. The van der Waals surface area contributed by atoms with Crippen molar-refractivity contribution in [3.05, 3.63) is 41.5 Å². The summed E-state index contributed by atoms with van der Waals surface area (Å²) in [4.78, 5) is 24.2. The zero-order valence-corrected chi connectivity index (χ0v) is 16.4. The molecular weight excluding hydrogens is 385 g/mol. The molecule has 2 rings (SSSR count). The maximum absolute atomic E-state index is 13.2. The van der Waals surface area contributed by atoms with E-state index >= 15 is 0 Å². The molecule has 0 aromatic heterocycles. The number of methoxy groups -OCH3 is 3. The second-order valence-corrected chi connectivity index (χ2v) is 5.89. The number of aliphatic hydroxyl groups excluding tert-OH is 1. The molecular formula is C20H22FNO7. The van der Waals surface area contributed by atoms with Crippen LogP contribution in [-0.2, 0) is 11.4 Å². The summed E-state index contributed by atoms with van der Waals surface area (Å²) in [5.41, 5.74) is 0.516. The van der Waals surface area contributed by atoms with Crippen molar-refractivity contribution < 1.29 is 38.0 Å². The van der Waals surface area contributed by atoms with Crippen molar-refractivity contribution in [3.8, 4) is 23.0 Å². The Hall–Kier alpha value is -3.33. The lowest BCUT2D eigenvalue weighted by Crippen LogP contribution is -2.22. The van der Waals surface area contributed by atoms with E-state index in [0.29, 0.717) is 22.8 Å². The van der Waals surface area contributed by atoms with E-state index in [0.717, 1.165) is 6.92 Å². The third-order valence-electron chi connectivity index (χ3n) is 3.98. The fourth-order valence-electron chi connectivity index (χ4n) is 2.47. The van der Waals surface area contributed by atoms with Crippen molar-refractivity contribution in [3.63, 3.8) is 0 Å². The molecule has 0 aliphatic rings. The summed E-state index contributed by atoms with van der Waals surface area (Å²) in [5, 5.41) is 11.7. The quantitative estimate of drug-likeness (QED) is 0.512. The molecule has 29 heavy (non-hydrogen) atoms. The lowest BCUT2D eigenvalue weighted by atomic mass is 10.1. The number of carbonyl (C=O) groups is 2. The minimum atomic E-state index is -1.75. The molecule has 0 heterocycles. The van der Waals surface area contributed by atoms with E-state index in [2.05, 4.69) is 5.32 Å². The molecule has 0 radical (unpaired) electrons. The van der Waals surface area contributed by atoms with E-state index in [9.17, 15) is 19.1 Å². The number of aliphatic hydroxyl groups is 1. The Morgan fingerprint density at radius 3 is 2.17 bits per heavy atom. The Balaban J connectivity index is 2.32. The van der Waals surface area contributed by atoms with Gasteiger partial charge in [0.05, 0.1) is 33.5 Å². The first kappa shape index (κ1) is 22.0. The van der Waals surface area contributed by atoms with Crippen LogP contribution in [-0.4, -0.2) is 44.5 Å². The highest BCUT2D eigenvalue weighted by molar-refractivity contribution is 5.97. The van der Waals surface area contributed by atoms with Gasteiger partial charge in [-0.1, -0.05) is 6.07 Å². The Bertz CT molecular complexity index is 873. The molecule has 2 aromatic rings. The first-order valence-corrected chi connectivity index (χ1v) is 8.55. The predicted octanol–water partition coefficient (Wildman–Crippen LogP) is 2.72. The van der Waals surface area contributed by atoms with Crippen LogP contribution in [0.4, 0.5) is 10.1 Å². The number of carbonyl (C=O) groups excluding carboxylic acids is 2. The van der Waals surface area contributed by atoms with Crippen LogP contribution in [0.25, 0.3) is 0 Å². The second kappa shape index (κ2) is 9.74. The number of alkyl halides is 1. The molecule has 2 N–H and O–H groups in total. The molecule has 0 saturated heterocycles. The molecule has 0 spiro atoms. The maximum atomic E-state index is 13.2. The predicted molar refractivity (Wildman–Crippen MR) is 103 cm³/mol. The number of rotatable bonds is 8. The van der Waals surface area contributed by atoms with Gasteiger partial charge in [-0.25, -0.2) is 9.18 Å². The number of anilines is 1. The molecule has 1 atom stereocenters. The molecule has 9 heteroatoms. The fourth-order valence-corrected chi connectivity index (χ4v) is 2.47. The molecule has 0 saturated carbocycles. The van der Waals surface area contributed by atoms with Gasteiger partial charge in [-0.05, 0) is 19.1 Å². The highest BCUT2D eigenvalue weighted by Crippen LogP contribution is 2.41. The van der Waals surface area contributed by atoms with Crippen molar-refractivity contribution >= 4 is 17.6 Å². The molecule has 0 fully saturated rings. The SMILES string of the molecule is COc1cc(OC(=O)c2ccc(CO)c(NC(=O)C(C)F)c2)cc(OC)c1OC. The number of nitrogens with one attached hydrogen (secondary N) is 1. The number of halogens is 1. The van der Waals surface area contributed by atoms with Gasteiger partial charge in [0.1, 0.15) is 5.75 Å². The largest absolute Gasteiger partial charge is 0.493 e. The smallest absolute Gasteiger partial charge is 0.343 e. The summed E-state index contributed by atoms with van der Waals surface area (Å²) in [6.45, 7) is 0.676. The van der Waals surface area contributed by atoms with Crippen LogP contribution in [0, 0.1) is 0 Å². The molecule has 2 aromatic carbocycles. The Morgan fingerprint density at radius 1 is 1.07 bits per heavy atom. The number of benzene rings is 2. The third kappa shape index (κ3) is 5.14. The number of hydrogen-bond donors (Lipinski definition) is 2. The maximum Gasteiger partial charge on any atom is 0.343 e. The molecule has 0 aliphatic carbocycles. The van der Waals surface area contributed by atoms with Crippen LogP contribution in [0.15, 0.2) is 30.3 Å². The molecule has 156 valence electrons. The normalized spacial score (nSPS) is 11.4. The lowest BCUT2D eigenvalue weighted by molar-refractivity contribution is -0.120. The van der Waals surface area contributed by atoms with Crippen molar-refractivity contribution in [2.45, 2.75) is 19.7 Å². The molecule has 0 bridgehead atoms. The second-order valence-electron chi connectivity index (χ2n) is 5.89. The van der Waals surface area contributed by atoms with Crippen LogP contribution in [0.2, 0.25) is 0 Å². The number of ether oxygens (including phenoxy) is 4. The zero-order chi connectivity index (χ0) is 21.6. The zero-order valence-electron chi connectivity index (χ0n) is 16.4. The van der Waals surface area contributed by atoms with Crippen LogP contribution in [0.3, 0.4) is 0 Å². The molecule has 8 nitrogen and oxygen atoms in total. The Labute approximate surface area is 167 Å². The van der Waals surface area contributed by atoms with Gasteiger partial charge >= 0.3 is 5.97 Å². The van der Waals surface area contributed by atoms with Gasteiger partial charge in [0, 0.05) is 23.4 Å². The summed E-state index contributed by atoms with van der Waals surface area (Å²) >= 11 is 0. The van der Waals surface area contributed by atoms with E-state index in [-0.39, 0.29) is 17.0 Å². The van der Waals surface area contributed by atoms with Gasteiger partial charge < -0.3 is 29.4 Å². The van der Waals surface area contributed by atoms with Crippen LogP contribution in [0.1, 0.15) is 22.8 Å². The Kier molecular flexibility index (Phi) is 7.38. The van der Waals surface area contributed by atoms with Crippen LogP contribution < -0.4 is 24.3 Å². The van der Waals surface area contributed by atoms with Gasteiger partial charge in [0.15, 0.2) is 17.7 Å². The number of hydrogen-bond acceptors (Lipinski definition) is 7. The summed E-state index contributed by atoms with van der Waals surface area (Å²) in [7, 11) is 4.30. The van der Waals surface area contributed by atoms with Crippen LogP contribution in [0.5, 0.6) is 23.0 Å². The van der Waals surface area contributed by atoms with E-state index in [1.165, 1.54) is 51.7 Å². The van der Waals surface area contributed by atoms with Gasteiger partial charge in [-0.15, -0.1) is 0 Å². The van der Waals surface area contributed by atoms with Crippen LogP contribution >= 0.6 is 0 Å². The van der Waals surface area contributed by atoms with E-state index in [4.69, 9.17) is 18.9 Å². The molecule has 1 unspecified atom stereocenters. The summed E-state index contributed by atoms with van der Waals surface area (Å²) in [6, 6.07) is 7.06. The fraction of sp³-hybridized carbons (Fsp3) is 0.300. The van der Waals surface area contributed by atoms with Crippen molar-refractivity contribution in [1.29, 1.82) is 0 Å². The minimum Gasteiger partial charge on any atom is -0.493 e. The first-order chi connectivity index (χ1) is 13.8. The van der Waals surface area contributed by atoms with Crippen molar-refractivity contribution in [2.75, 3.05) is 26.6 Å². The topological polar surface area (TPSA) is 103 Å². The first-order valence-electron chi connectivity index (χ1n) is 8.55. The Morgan fingerprint density at radius 2 is 1.69 bits per heavy atom. The summed E-state index contributed by atoms with van der Waals surface area (Å²) < 4.78 is 34.2. The monoisotopic (exact) mass is 407 g/mol. The minimum absolute atomic E-state index is 0.0813. The number of amides is 1. The lowest BCUT2D eigenvalue weighted by Gasteiger charge is -2.15. The van der Waals surface area contributed by atoms with Gasteiger partial charge in [0.25, 0.3) is 5.91 Å². The average Bonchev–Trinajstić information content (AvgIpc) is 2.72. The average molecular weight is 407 g/mol. The van der Waals surface area contributed by atoms with E-state index in [1.807, 2.05) is 0 Å².